The van der Waals surface area contributed by atoms with Crippen LogP contribution in [0, 0.1) is 11.7 Å². The van der Waals surface area contributed by atoms with Crippen molar-refractivity contribution in [3.05, 3.63) is 34.6 Å². The summed E-state index contributed by atoms with van der Waals surface area (Å²) in [4.78, 5) is 14.1. The Morgan fingerprint density at radius 1 is 1.48 bits per heavy atom. The van der Waals surface area contributed by atoms with Crippen LogP contribution in [0.4, 0.5) is 4.39 Å². The zero-order valence-corrected chi connectivity index (χ0v) is 13.2. The summed E-state index contributed by atoms with van der Waals surface area (Å²) in [5, 5.41) is 0.347. The van der Waals surface area contributed by atoms with Crippen molar-refractivity contribution in [1.29, 1.82) is 0 Å². The maximum Gasteiger partial charge on any atom is 0.223 e. The lowest BCUT2D eigenvalue weighted by atomic mass is 9.95. The van der Waals surface area contributed by atoms with Gasteiger partial charge in [-0.25, -0.2) is 4.39 Å². The molecule has 21 heavy (non-hydrogen) atoms. The molecule has 0 spiro atoms. The first-order chi connectivity index (χ1) is 9.90. The van der Waals surface area contributed by atoms with Gasteiger partial charge in [-0.1, -0.05) is 31.5 Å². The zero-order valence-electron chi connectivity index (χ0n) is 12.5. The minimum absolute atomic E-state index is 0.0519. The molecule has 1 heterocycles. The van der Waals surface area contributed by atoms with E-state index in [-0.39, 0.29) is 11.9 Å². The molecule has 3 nitrogen and oxygen atoms in total. The van der Waals surface area contributed by atoms with E-state index in [0.29, 0.717) is 35.9 Å². The summed E-state index contributed by atoms with van der Waals surface area (Å²) in [5.41, 5.74) is 6.71. The third-order valence-corrected chi connectivity index (χ3v) is 4.07. The normalized spacial score (nSPS) is 23.5. The van der Waals surface area contributed by atoms with Crippen LogP contribution in [-0.2, 0) is 4.79 Å². The maximum atomic E-state index is 14.3. The number of carbonyl (C=O) groups excluding carboxylic acids is 1. The molecule has 2 rings (SSSR count). The van der Waals surface area contributed by atoms with Crippen molar-refractivity contribution < 1.29 is 9.18 Å². The molecule has 1 amide bonds. The first-order valence-electron chi connectivity index (χ1n) is 7.40. The molecule has 0 radical (unpaired) electrons. The molecule has 1 fully saturated rings. The lowest BCUT2D eigenvalue weighted by Crippen LogP contribution is -2.44. The lowest BCUT2D eigenvalue weighted by Gasteiger charge is -2.35. The van der Waals surface area contributed by atoms with Crippen LogP contribution < -0.4 is 5.73 Å². The average Bonchev–Trinajstić information content (AvgIpc) is 2.51. The number of benzene rings is 1. The van der Waals surface area contributed by atoms with Crippen molar-refractivity contribution >= 4 is 17.5 Å². The van der Waals surface area contributed by atoms with Gasteiger partial charge in [0, 0.05) is 29.6 Å². The maximum absolute atomic E-state index is 14.3. The molecular formula is C16H22ClFN2O. The summed E-state index contributed by atoms with van der Waals surface area (Å²) in [7, 11) is 0. The van der Waals surface area contributed by atoms with Gasteiger partial charge in [0.1, 0.15) is 5.82 Å². The second kappa shape index (κ2) is 6.75. The second-order valence-corrected chi connectivity index (χ2v) is 6.54. The van der Waals surface area contributed by atoms with Crippen LogP contribution in [0.3, 0.4) is 0 Å². The summed E-state index contributed by atoms with van der Waals surface area (Å²) >= 11 is 5.82. The number of nitrogens with zero attached hydrogens (tertiary/aromatic N) is 1. The Balaban J connectivity index is 2.43. The second-order valence-electron chi connectivity index (χ2n) is 6.11. The van der Waals surface area contributed by atoms with Crippen LogP contribution in [0.2, 0.25) is 5.02 Å². The molecule has 1 aliphatic rings. The van der Waals surface area contributed by atoms with E-state index in [1.165, 1.54) is 6.07 Å². The van der Waals surface area contributed by atoms with Gasteiger partial charge in [-0.15, -0.1) is 0 Å². The fraction of sp³-hybridized carbons (Fsp3) is 0.562. The van der Waals surface area contributed by atoms with Gasteiger partial charge in [0.05, 0.1) is 6.04 Å². The fourth-order valence-electron chi connectivity index (χ4n) is 2.93. The van der Waals surface area contributed by atoms with Crippen LogP contribution in [0.25, 0.3) is 0 Å². The first-order valence-corrected chi connectivity index (χ1v) is 7.78. The number of nitrogens with two attached hydrogens (primary N) is 1. The molecule has 2 atom stereocenters. The Morgan fingerprint density at radius 3 is 2.81 bits per heavy atom. The third kappa shape index (κ3) is 3.74. The van der Waals surface area contributed by atoms with Crippen molar-refractivity contribution in [2.24, 2.45) is 11.7 Å². The number of amides is 1. The molecule has 1 aliphatic heterocycles. The van der Waals surface area contributed by atoms with Crippen molar-refractivity contribution in [3.8, 4) is 0 Å². The minimum Gasteiger partial charge on any atom is -0.334 e. The van der Waals surface area contributed by atoms with Crippen LogP contribution >= 0.6 is 11.6 Å². The Hall–Kier alpha value is -1.13. The van der Waals surface area contributed by atoms with Crippen LogP contribution in [-0.4, -0.2) is 23.4 Å². The fourth-order valence-corrected chi connectivity index (χ4v) is 3.08. The number of carbonyl (C=O) groups is 1. The number of rotatable bonds is 3. The van der Waals surface area contributed by atoms with Crippen molar-refractivity contribution in [2.75, 3.05) is 6.54 Å². The largest absolute Gasteiger partial charge is 0.334 e. The highest BCUT2D eigenvalue weighted by Gasteiger charge is 2.34. The molecule has 5 heteroatoms. The van der Waals surface area contributed by atoms with Gasteiger partial charge in [0.25, 0.3) is 0 Å². The number of halogens is 2. The number of hydrogen-bond acceptors (Lipinski definition) is 2. The summed E-state index contributed by atoms with van der Waals surface area (Å²) < 4.78 is 14.3. The Kier molecular flexibility index (Phi) is 5.22. The zero-order chi connectivity index (χ0) is 15.6. The molecule has 1 saturated heterocycles. The van der Waals surface area contributed by atoms with Crippen molar-refractivity contribution in [3.63, 3.8) is 0 Å². The van der Waals surface area contributed by atoms with E-state index in [1.54, 1.807) is 17.0 Å². The summed E-state index contributed by atoms with van der Waals surface area (Å²) in [6.45, 7) is 4.66. The molecule has 2 unspecified atom stereocenters. The average molecular weight is 313 g/mol. The van der Waals surface area contributed by atoms with E-state index >= 15 is 0 Å². The SMILES string of the molecule is CC(C)CN1C(=O)CCCC(N)C1c1ccc(Cl)cc1F. The van der Waals surface area contributed by atoms with Crippen molar-refractivity contribution in [2.45, 2.75) is 45.2 Å². The van der Waals surface area contributed by atoms with E-state index in [4.69, 9.17) is 17.3 Å². The standard InChI is InChI=1S/C16H22ClFN2O/c1-10(2)9-20-15(21)5-3-4-14(19)16(20)12-7-6-11(17)8-13(12)18/h6-8,10,14,16H,3-5,9,19H2,1-2H3. The van der Waals surface area contributed by atoms with E-state index in [9.17, 15) is 9.18 Å². The highest BCUT2D eigenvalue weighted by atomic mass is 35.5. The van der Waals surface area contributed by atoms with Gasteiger partial charge >= 0.3 is 0 Å². The Labute approximate surface area is 130 Å². The lowest BCUT2D eigenvalue weighted by molar-refractivity contribution is -0.133. The molecule has 0 aliphatic carbocycles. The van der Waals surface area contributed by atoms with Gasteiger partial charge in [0.15, 0.2) is 0 Å². The van der Waals surface area contributed by atoms with Gasteiger partial charge in [-0.3, -0.25) is 4.79 Å². The molecular weight excluding hydrogens is 291 g/mol. The summed E-state index contributed by atoms with van der Waals surface area (Å²) in [5.74, 6) is -0.0421. The van der Waals surface area contributed by atoms with Crippen molar-refractivity contribution in [1.82, 2.24) is 4.90 Å². The molecule has 1 aromatic rings. The quantitative estimate of drug-likeness (QED) is 0.928. The first kappa shape index (κ1) is 16.2. The van der Waals surface area contributed by atoms with Crippen LogP contribution in [0.5, 0.6) is 0 Å². The van der Waals surface area contributed by atoms with Crippen LogP contribution in [0.15, 0.2) is 18.2 Å². The van der Waals surface area contributed by atoms with Gasteiger partial charge in [-0.05, 0) is 30.9 Å². The summed E-state index contributed by atoms with van der Waals surface area (Å²) in [6, 6.07) is 3.90. The smallest absolute Gasteiger partial charge is 0.223 e. The topological polar surface area (TPSA) is 46.3 Å². The monoisotopic (exact) mass is 312 g/mol. The van der Waals surface area contributed by atoms with E-state index in [2.05, 4.69) is 0 Å². The predicted molar refractivity (Wildman–Crippen MR) is 82.5 cm³/mol. The van der Waals surface area contributed by atoms with Crippen LogP contribution in [0.1, 0.15) is 44.7 Å². The number of likely N-dealkylation sites (tertiary alicyclic amines) is 1. The molecule has 116 valence electrons. The van der Waals surface area contributed by atoms with E-state index < -0.39 is 11.9 Å². The molecule has 1 aromatic carbocycles. The molecule has 0 saturated carbocycles. The molecule has 2 N–H and O–H groups in total. The highest BCUT2D eigenvalue weighted by Crippen LogP contribution is 2.33. The minimum atomic E-state index is -0.417. The molecule has 0 bridgehead atoms. The Bertz CT molecular complexity index is 521. The Morgan fingerprint density at radius 2 is 2.19 bits per heavy atom. The third-order valence-electron chi connectivity index (χ3n) is 3.83. The predicted octanol–water partition coefficient (Wildman–Crippen LogP) is 3.52. The highest BCUT2D eigenvalue weighted by molar-refractivity contribution is 6.30. The van der Waals surface area contributed by atoms with E-state index in [1.807, 2.05) is 13.8 Å². The number of hydrogen-bond donors (Lipinski definition) is 1. The molecule has 0 aromatic heterocycles. The van der Waals surface area contributed by atoms with Gasteiger partial charge < -0.3 is 10.6 Å². The van der Waals surface area contributed by atoms with Gasteiger partial charge in [0.2, 0.25) is 5.91 Å². The van der Waals surface area contributed by atoms with Gasteiger partial charge in [-0.2, -0.15) is 0 Å². The summed E-state index contributed by atoms with van der Waals surface area (Å²) in [6.07, 6.45) is 1.94. The van der Waals surface area contributed by atoms with E-state index in [0.717, 1.165) is 6.42 Å².